The molecule has 1 heterocycles. The lowest BCUT2D eigenvalue weighted by Crippen LogP contribution is -2.35. The maximum absolute atomic E-state index is 2.40. The summed E-state index contributed by atoms with van der Waals surface area (Å²) < 4.78 is 0.917. The van der Waals surface area contributed by atoms with Gasteiger partial charge in [-0.3, -0.25) is 4.48 Å². The van der Waals surface area contributed by atoms with Gasteiger partial charge in [0.05, 0.1) is 26.0 Å². The van der Waals surface area contributed by atoms with Gasteiger partial charge in [0.25, 0.3) is 0 Å². The summed E-state index contributed by atoms with van der Waals surface area (Å²) in [5, 5.41) is 0. The Bertz CT molecular complexity index is 361. The molecule has 0 saturated heterocycles. The molecule has 0 bridgehead atoms. The van der Waals surface area contributed by atoms with Crippen LogP contribution in [0.25, 0.3) is 0 Å². The van der Waals surface area contributed by atoms with Crippen LogP contribution >= 0.6 is 11.3 Å². The van der Waals surface area contributed by atoms with Crippen molar-refractivity contribution in [2.75, 3.05) is 21.1 Å². The second kappa shape index (κ2) is 4.15. The Morgan fingerprint density at radius 3 is 1.88 bits per heavy atom. The molecular formula is C14H26NS+. The minimum absolute atomic E-state index is 0.266. The fourth-order valence-electron chi connectivity index (χ4n) is 1.70. The molecule has 0 amide bonds. The first-order chi connectivity index (χ1) is 7.03. The highest BCUT2D eigenvalue weighted by Crippen LogP contribution is 2.41. The van der Waals surface area contributed by atoms with Gasteiger partial charge in [0, 0.05) is 10.9 Å². The smallest absolute Gasteiger partial charge is 0.146 e. The Labute approximate surface area is 105 Å². The minimum Gasteiger partial charge on any atom is -0.297 e. The van der Waals surface area contributed by atoms with E-state index in [-0.39, 0.29) is 5.41 Å². The molecule has 0 N–H and O–H groups in total. The number of thiophene rings is 1. The first-order valence-electron chi connectivity index (χ1n) is 5.99. The number of quaternary nitrogens is 1. The zero-order valence-electron chi connectivity index (χ0n) is 12.0. The largest absolute Gasteiger partial charge is 0.297 e. The van der Waals surface area contributed by atoms with Crippen LogP contribution in [0.2, 0.25) is 0 Å². The molecule has 16 heavy (non-hydrogen) atoms. The van der Waals surface area contributed by atoms with Gasteiger partial charge in [0.2, 0.25) is 0 Å². The van der Waals surface area contributed by atoms with Crippen molar-refractivity contribution in [3.8, 4) is 0 Å². The average Bonchev–Trinajstić information content (AvgIpc) is 2.44. The molecule has 2 heteroatoms. The van der Waals surface area contributed by atoms with Crippen LogP contribution in [0, 0.1) is 0 Å². The zero-order valence-corrected chi connectivity index (χ0v) is 12.8. The third-order valence-corrected chi connectivity index (χ3v) is 4.58. The van der Waals surface area contributed by atoms with Gasteiger partial charge in [-0.2, -0.15) is 0 Å². The van der Waals surface area contributed by atoms with Gasteiger partial charge in [-0.05, 0) is 11.3 Å². The van der Waals surface area contributed by atoms with Gasteiger partial charge in [0.1, 0.15) is 5.69 Å². The molecule has 0 aliphatic rings. The van der Waals surface area contributed by atoms with Crippen molar-refractivity contribution in [2.24, 2.45) is 0 Å². The van der Waals surface area contributed by atoms with Crippen LogP contribution in [0.3, 0.4) is 0 Å². The topological polar surface area (TPSA) is 0 Å². The molecule has 1 aromatic heterocycles. The van der Waals surface area contributed by atoms with Gasteiger partial charge in [-0.1, -0.05) is 34.6 Å². The van der Waals surface area contributed by atoms with Gasteiger partial charge >= 0.3 is 0 Å². The molecule has 1 rings (SSSR count). The molecule has 0 aliphatic heterocycles. The first-order valence-corrected chi connectivity index (χ1v) is 6.81. The van der Waals surface area contributed by atoms with E-state index in [2.05, 4.69) is 61.8 Å². The lowest BCUT2D eigenvalue weighted by Gasteiger charge is -2.24. The van der Waals surface area contributed by atoms with E-state index in [1.54, 1.807) is 0 Å². The molecular weight excluding hydrogens is 214 g/mol. The fourth-order valence-corrected chi connectivity index (χ4v) is 3.09. The number of nitrogens with zero attached hydrogens (tertiary/aromatic N) is 1. The van der Waals surface area contributed by atoms with Crippen molar-refractivity contribution in [1.82, 2.24) is 4.48 Å². The fraction of sp³-hybridized carbons (Fsp3) is 0.714. The van der Waals surface area contributed by atoms with Crippen molar-refractivity contribution < 1.29 is 0 Å². The normalized spacial score (nSPS) is 13.6. The summed E-state index contributed by atoms with van der Waals surface area (Å²) in [6.45, 7) is 11.5. The summed E-state index contributed by atoms with van der Waals surface area (Å²) in [7, 11) is 6.75. The number of hydrogen-bond acceptors (Lipinski definition) is 1. The third-order valence-electron chi connectivity index (χ3n) is 2.73. The van der Waals surface area contributed by atoms with Gasteiger partial charge in [-0.15, -0.1) is 11.3 Å². The summed E-state index contributed by atoms with van der Waals surface area (Å²) >= 11 is 1.99. The summed E-state index contributed by atoms with van der Waals surface area (Å²) in [6, 6.07) is 2.40. The maximum atomic E-state index is 2.40. The molecule has 1 aromatic rings. The second-order valence-electron chi connectivity index (χ2n) is 6.78. The summed E-state index contributed by atoms with van der Waals surface area (Å²) in [5.74, 6) is 0.619. The highest BCUT2D eigenvalue weighted by molar-refractivity contribution is 7.12. The third kappa shape index (κ3) is 2.86. The van der Waals surface area contributed by atoms with Crippen LogP contribution in [0.15, 0.2) is 6.07 Å². The summed E-state index contributed by atoms with van der Waals surface area (Å²) in [6.07, 6.45) is 0. The standard InChI is InChI=1S/C14H26NS/c1-10(2)13-11(15(6,7)8)9-12(16-13)14(3,4)5/h9-10H,1-8H3/q+1. The summed E-state index contributed by atoms with van der Waals surface area (Å²) in [4.78, 5) is 3.04. The lowest BCUT2D eigenvalue weighted by atomic mass is 9.94. The van der Waals surface area contributed by atoms with E-state index in [4.69, 9.17) is 0 Å². The van der Waals surface area contributed by atoms with E-state index in [9.17, 15) is 0 Å². The van der Waals surface area contributed by atoms with E-state index in [1.807, 2.05) is 11.3 Å². The first kappa shape index (κ1) is 13.7. The predicted molar refractivity (Wildman–Crippen MR) is 76.7 cm³/mol. The van der Waals surface area contributed by atoms with E-state index in [0.29, 0.717) is 5.92 Å². The van der Waals surface area contributed by atoms with Crippen molar-refractivity contribution >= 4 is 17.0 Å². The molecule has 0 radical (unpaired) electrons. The minimum atomic E-state index is 0.266. The monoisotopic (exact) mass is 240 g/mol. The molecule has 0 unspecified atom stereocenters. The highest BCUT2D eigenvalue weighted by atomic mass is 32.1. The SMILES string of the molecule is CC(C)c1sc(C(C)(C)C)cc1[N+](C)(C)C. The Balaban J connectivity index is 3.32. The van der Waals surface area contributed by atoms with Crippen LogP contribution in [-0.4, -0.2) is 21.1 Å². The van der Waals surface area contributed by atoms with Gasteiger partial charge in [0.15, 0.2) is 0 Å². The second-order valence-corrected chi connectivity index (χ2v) is 7.86. The molecule has 0 saturated carbocycles. The van der Waals surface area contributed by atoms with E-state index in [1.165, 1.54) is 15.4 Å². The molecule has 0 fully saturated rings. The van der Waals surface area contributed by atoms with Gasteiger partial charge in [-0.25, -0.2) is 0 Å². The van der Waals surface area contributed by atoms with Crippen molar-refractivity contribution in [2.45, 2.75) is 46.0 Å². The van der Waals surface area contributed by atoms with E-state index < -0.39 is 0 Å². The predicted octanol–water partition coefficient (Wildman–Crippen LogP) is 4.37. The van der Waals surface area contributed by atoms with E-state index in [0.717, 1.165) is 4.48 Å². The van der Waals surface area contributed by atoms with Crippen LogP contribution in [0.1, 0.15) is 50.3 Å². The molecule has 1 nitrogen and oxygen atoms in total. The molecule has 0 aromatic carbocycles. The quantitative estimate of drug-likeness (QED) is 0.674. The van der Waals surface area contributed by atoms with Crippen LogP contribution in [0.4, 0.5) is 5.69 Å². The van der Waals surface area contributed by atoms with Crippen molar-refractivity contribution in [3.63, 3.8) is 0 Å². The van der Waals surface area contributed by atoms with Crippen molar-refractivity contribution in [1.29, 1.82) is 0 Å². The van der Waals surface area contributed by atoms with Crippen LogP contribution in [0.5, 0.6) is 0 Å². The summed E-state index contributed by atoms with van der Waals surface area (Å²) in [5.41, 5.74) is 1.74. The van der Waals surface area contributed by atoms with E-state index >= 15 is 0 Å². The average molecular weight is 240 g/mol. The van der Waals surface area contributed by atoms with Gasteiger partial charge < -0.3 is 0 Å². The lowest BCUT2D eigenvalue weighted by molar-refractivity contribution is 0.481. The Morgan fingerprint density at radius 2 is 1.62 bits per heavy atom. The molecule has 0 atom stereocenters. The molecule has 92 valence electrons. The number of rotatable bonds is 2. The Hall–Kier alpha value is -0.340. The Kier molecular flexibility index (Phi) is 3.56. The Morgan fingerprint density at radius 1 is 1.12 bits per heavy atom. The molecule has 0 aliphatic carbocycles. The van der Waals surface area contributed by atoms with Crippen LogP contribution in [-0.2, 0) is 5.41 Å². The zero-order chi connectivity index (χ0) is 12.7. The maximum Gasteiger partial charge on any atom is 0.146 e. The van der Waals surface area contributed by atoms with Crippen LogP contribution < -0.4 is 4.48 Å². The van der Waals surface area contributed by atoms with Crippen molar-refractivity contribution in [3.05, 3.63) is 15.8 Å². The highest BCUT2D eigenvalue weighted by Gasteiger charge is 2.27. The number of hydrogen-bond donors (Lipinski definition) is 0. The molecule has 0 spiro atoms.